The summed E-state index contributed by atoms with van der Waals surface area (Å²) >= 11 is 3.21. The molecule has 68 valence electrons. The average molecular weight is 243 g/mol. The number of aromatic nitrogens is 2. The maximum absolute atomic E-state index is 5.01. The molecule has 1 aromatic heterocycles. The first-order valence-electron chi connectivity index (χ1n) is 3.40. The zero-order valence-electron chi connectivity index (χ0n) is 6.95. The van der Waals surface area contributed by atoms with Crippen LogP contribution in [0.4, 0.5) is 0 Å². The van der Waals surface area contributed by atoms with Crippen molar-refractivity contribution >= 4 is 15.9 Å². The van der Waals surface area contributed by atoms with Crippen molar-refractivity contribution in [3.05, 3.63) is 10.7 Å². The Morgan fingerprint density at radius 1 is 1.69 bits per heavy atom. The van der Waals surface area contributed by atoms with E-state index in [4.69, 9.17) is 15.9 Å². The average Bonchev–Trinajstić information content (AvgIpc) is 2.16. The van der Waals surface area contributed by atoms with Crippen molar-refractivity contribution in [3.8, 4) is 24.2 Å². The molecule has 5 heteroatoms. The van der Waals surface area contributed by atoms with Crippen LogP contribution in [0, 0.1) is 12.3 Å². The van der Waals surface area contributed by atoms with E-state index in [9.17, 15) is 0 Å². The number of ether oxygens (including phenoxy) is 2. The number of terminal acetylenes is 1. The summed E-state index contributed by atoms with van der Waals surface area (Å²) in [7, 11) is 1.51. The van der Waals surface area contributed by atoms with E-state index in [1.54, 1.807) is 0 Å². The van der Waals surface area contributed by atoms with Gasteiger partial charge in [-0.1, -0.05) is 5.92 Å². The van der Waals surface area contributed by atoms with Gasteiger partial charge in [0.05, 0.1) is 17.8 Å². The molecule has 0 atom stereocenters. The van der Waals surface area contributed by atoms with Crippen LogP contribution in [0.25, 0.3) is 0 Å². The van der Waals surface area contributed by atoms with E-state index in [0.29, 0.717) is 10.4 Å². The lowest BCUT2D eigenvalue weighted by Crippen LogP contribution is -2.00. The topological polar surface area (TPSA) is 44.2 Å². The van der Waals surface area contributed by atoms with Crippen molar-refractivity contribution in [2.75, 3.05) is 13.7 Å². The lowest BCUT2D eigenvalue weighted by molar-refractivity contribution is 0.323. The maximum atomic E-state index is 5.01. The van der Waals surface area contributed by atoms with Gasteiger partial charge in [-0.25, -0.2) is 4.98 Å². The van der Waals surface area contributed by atoms with E-state index in [1.807, 2.05) is 0 Å². The third kappa shape index (κ3) is 2.60. The molecule has 0 saturated heterocycles. The summed E-state index contributed by atoms with van der Waals surface area (Å²) in [5.74, 6) is 2.73. The summed E-state index contributed by atoms with van der Waals surface area (Å²) in [4.78, 5) is 7.80. The molecule has 0 N–H and O–H groups in total. The highest BCUT2D eigenvalue weighted by molar-refractivity contribution is 9.10. The zero-order valence-corrected chi connectivity index (χ0v) is 8.54. The first kappa shape index (κ1) is 9.81. The molecule has 1 aromatic rings. The van der Waals surface area contributed by atoms with Crippen LogP contribution in [-0.2, 0) is 0 Å². The van der Waals surface area contributed by atoms with E-state index in [2.05, 4.69) is 31.8 Å². The van der Waals surface area contributed by atoms with Crippen molar-refractivity contribution in [2.45, 2.75) is 0 Å². The van der Waals surface area contributed by atoms with Gasteiger partial charge >= 0.3 is 6.01 Å². The Kier molecular flexibility index (Phi) is 3.53. The van der Waals surface area contributed by atoms with Gasteiger partial charge in [0.1, 0.15) is 0 Å². The fourth-order valence-corrected chi connectivity index (χ4v) is 1.01. The van der Waals surface area contributed by atoms with E-state index in [-0.39, 0.29) is 12.6 Å². The van der Waals surface area contributed by atoms with Crippen LogP contribution >= 0.6 is 15.9 Å². The zero-order chi connectivity index (χ0) is 9.68. The Labute approximate surface area is 84.4 Å². The van der Waals surface area contributed by atoms with Gasteiger partial charge in [0.25, 0.3) is 0 Å². The van der Waals surface area contributed by atoms with Crippen LogP contribution in [-0.4, -0.2) is 23.7 Å². The predicted molar refractivity (Wildman–Crippen MR) is 50.6 cm³/mol. The molecule has 1 heterocycles. The summed E-state index contributed by atoms with van der Waals surface area (Å²) in [6.07, 6.45) is 6.55. The molecule has 0 radical (unpaired) electrons. The molecule has 0 unspecified atom stereocenters. The number of hydrogen-bond acceptors (Lipinski definition) is 4. The van der Waals surface area contributed by atoms with Gasteiger partial charge in [-0.05, 0) is 15.9 Å². The van der Waals surface area contributed by atoms with Crippen molar-refractivity contribution in [3.63, 3.8) is 0 Å². The number of nitrogens with zero attached hydrogens (tertiary/aromatic N) is 2. The lowest BCUT2D eigenvalue weighted by Gasteiger charge is -2.03. The van der Waals surface area contributed by atoms with Crippen LogP contribution in [0.15, 0.2) is 10.7 Å². The largest absolute Gasteiger partial charge is 0.480 e. The number of halogens is 1. The first-order chi connectivity index (χ1) is 6.27. The molecule has 13 heavy (non-hydrogen) atoms. The van der Waals surface area contributed by atoms with Crippen molar-refractivity contribution in [1.82, 2.24) is 9.97 Å². The summed E-state index contributed by atoms with van der Waals surface area (Å²) in [6, 6.07) is 0.206. The highest BCUT2D eigenvalue weighted by Gasteiger charge is 2.04. The third-order valence-corrected chi connectivity index (χ3v) is 1.71. The third-order valence-electron chi connectivity index (χ3n) is 1.17. The maximum Gasteiger partial charge on any atom is 0.320 e. The fourth-order valence-electron chi connectivity index (χ4n) is 0.655. The Balaban J connectivity index is 2.81. The summed E-state index contributed by atoms with van der Waals surface area (Å²) in [6.45, 7) is 0.144. The van der Waals surface area contributed by atoms with Crippen LogP contribution in [0.1, 0.15) is 0 Å². The minimum atomic E-state index is 0.144. The van der Waals surface area contributed by atoms with E-state index >= 15 is 0 Å². The quantitative estimate of drug-likeness (QED) is 0.749. The molecular formula is C8H7BrN2O2. The minimum Gasteiger partial charge on any atom is -0.480 e. The molecule has 0 aliphatic heterocycles. The fraction of sp³-hybridized carbons (Fsp3) is 0.250. The molecule has 0 bridgehead atoms. The van der Waals surface area contributed by atoms with Crippen molar-refractivity contribution in [2.24, 2.45) is 0 Å². The Morgan fingerprint density at radius 2 is 2.46 bits per heavy atom. The van der Waals surface area contributed by atoms with Gasteiger partial charge in [-0.2, -0.15) is 4.98 Å². The van der Waals surface area contributed by atoms with Crippen LogP contribution in [0.5, 0.6) is 11.9 Å². The van der Waals surface area contributed by atoms with Gasteiger partial charge in [0.2, 0.25) is 5.88 Å². The van der Waals surface area contributed by atoms with E-state index in [1.165, 1.54) is 13.3 Å². The number of hydrogen-bond donors (Lipinski definition) is 0. The van der Waals surface area contributed by atoms with Crippen LogP contribution in [0.3, 0.4) is 0 Å². The summed E-state index contributed by atoms with van der Waals surface area (Å²) < 4.78 is 10.6. The number of rotatable bonds is 3. The Hall–Kier alpha value is -1.28. The smallest absolute Gasteiger partial charge is 0.320 e. The molecule has 0 amide bonds. The van der Waals surface area contributed by atoms with Gasteiger partial charge in [-0.3, -0.25) is 0 Å². The summed E-state index contributed by atoms with van der Waals surface area (Å²) in [5.41, 5.74) is 0. The molecule has 0 spiro atoms. The van der Waals surface area contributed by atoms with Gasteiger partial charge in [-0.15, -0.1) is 6.42 Å². The van der Waals surface area contributed by atoms with Crippen molar-refractivity contribution in [1.29, 1.82) is 0 Å². The first-order valence-corrected chi connectivity index (χ1v) is 4.20. The van der Waals surface area contributed by atoms with E-state index < -0.39 is 0 Å². The molecule has 4 nitrogen and oxygen atoms in total. The molecule has 1 rings (SSSR count). The van der Waals surface area contributed by atoms with Crippen LogP contribution in [0.2, 0.25) is 0 Å². The molecule has 0 aliphatic carbocycles. The molecule has 0 fully saturated rings. The molecule has 0 aromatic carbocycles. The van der Waals surface area contributed by atoms with Crippen LogP contribution < -0.4 is 9.47 Å². The highest BCUT2D eigenvalue weighted by atomic mass is 79.9. The second-order valence-electron chi connectivity index (χ2n) is 2.00. The van der Waals surface area contributed by atoms with Crippen molar-refractivity contribution < 1.29 is 9.47 Å². The second-order valence-corrected chi connectivity index (χ2v) is 2.86. The van der Waals surface area contributed by atoms with E-state index in [0.717, 1.165) is 0 Å². The monoisotopic (exact) mass is 242 g/mol. The minimum absolute atomic E-state index is 0.144. The lowest BCUT2D eigenvalue weighted by atomic mass is 10.6. The Bertz CT molecular complexity index is 335. The molecule has 0 saturated carbocycles. The standard InChI is InChI=1S/C8H7BrN2O2/c1-3-4-13-8-10-5-6(9)7(11-8)12-2/h1,5H,4H2,2H3. The Morgan fingerprint density at radius 3 is 3.08 bits per heavy atom. The van der Waals surface area contributed by atoms with Gasteiger partial charge in [0, 0.05) is 0 Å². The summed E-state index contributed by atoms with van der Waals surface area (Å²) in [5, 5.41) is 0. The van der Waals surface area contributed by atoms with Gasteiger partial charge < -0.3 is 9.47 Å². The highest BCUT2D eigenvalue weighted by Crippen LogP contribution is 2.22. The molecular weight excluding hydrogens is 236 g/mol. The predicted octanol–water partition coefficient (Wildman–Crippen LogP) is 1.26. The van der Waals surface area contributed by atoms with Gasteiger partial charge in [0.15, 0.2) is 6.61 Å². The second kappa shape index (κ2) is 4.67. The normalized spacial score (nSPS) is 9.00. The number of methoxy groups -OCH3 is 1. The molecule has 0 aliphatic rings. The SMILES string of the molecule is C#CCOc1ncc(Br)c(OC)n1.